The van der Waals surface area contributed by atoms with Crippen LogP contribution in [0, 0.1) is 0 Å². The van der Waals surface area contributed by atoms with E-state index in [0.717, 1.165) is 48.0 Å². The summed E-state index contributed by atoms with van der Waals surface area (Å²) in [5.74, 6) is 1.83. The molecule has 1 aliphatic heterocycles. The summed E-state index contributed by atoms with van der Waals surface area (Å²) in [5.41, 5.74) is 1.10. The molecule has 0 amide bonds. The molecule has 0 bridgehead atoms. The Morgan fingerprint density at radius 1 is 1.50 bits per heavy atom. The molecule has 8 heteroatoms. The van der Waals surface area contributed by atoms with Gasteiger partial charge in [-0.15, -0.1) is 0 Å². The van der Waals surface area contributed by atoms with Crippen LogP contribution in [0.25, 0.3) is 0 Å². The summed E-state index contributed by atoms with van der Waals surface area (Å²) in [6, 6.07) is 3.88. The van der Waals surface area contributed by atoms with E-state index in [2.05, 4.69) is 36.2 Å². The molecule has 1 fully saturated rings. The monoisotopic (exact) mass is 395 g/mol. The summed E-state index contributed by atoms with van der Waals surface area (Å²) < 4.78 is 14.0. The van der Waals surface area contributed by atoms with Crippen molar-refractivity contribution in [1.82, 2.24) is 20.0 Å². The zero-order chi connectivity index (χ0) is 16.9. The number of nitrogens with one attached hydrogen (secondary N) is 1. The number of hydrogen-bond donors (Lipinski definition) is 1. The third kappa shape index (κ3) is 4.18. The second kappa shape index (κ2) is 7.85. The van der Waals surface area contributed by atoms with Gasteiger partial charge in [0.2, 0.25) is 0 Å². The van der Waals surface area contributed by atoms with Crippen LogP contribution in [0.1, 0.15) is 17.4 Å². The van der Waals surface area contributed by atoms with E-state index in [0.29, 0.717) is 6.61 Å². The number of nitrogens with zero attached hydrogens (tertiary/aromatic N) is 4. The first-order valence-electron chi connectivity index (χ1n) is 7.95. The second-order valence-corrected chi connectivity index (χ2v) is 6.46. The summed E-state index contributed by atoms with van der Waals surface area (Å²) in [5, 5.41) is 7.62. The minimum Gasteiger partial charge on any atom is -0.454 e. The van der Waals surface area contributed by atoms with Crippen LogP contribution in [-0.4, -0.2) is 53.9 Å². The molecule has 0 radical (unpaired) electrons. The van der Waals surface area contributed by atoms with Gasteiger partial charge in [0.1, 0.15) is 11.9 Å². The molecule has 24 heavy (non-hydrogen) atoms. The maximum atomic E-state index is 5.88. The van der Waals surface area contributed by atoms with E-state index in [-0.39, 0.29) is 6.10 Å². The van der Waals surface area contributed by atoms with Gasteiger partial charge in [-0.2, -0.15) is 5.10 Å². The second-order valence-electron chi connectivity index (χ2n) is 5.68. The summed E-state index contributed by atoms with van der Waals surface area (Å²) in [7, 11) is 3.72. The fraction of sp³-hybridized carbons (Fsp3) is 0.500. The fourth-order valence-corrected chi connectivity index (χ4v) is 3.11. The number of rotatable bonds is 4. The quantitative estimate of drug-likeness (QED) is 0.632. The van der Waals surface area contributed by atoms with Gasteiger partial charge in [0.15, 0.2) is 10.6 Å². The van der Waals surface area contributed by atoms with Crippen LogP contribution in [0.4, 0.5) is 0 Å². The molecule has 0 aliphatic carbocycles. The number of aliphatic imine (C=N–C) groups is 1. The van der Waals surface area contributed by atoms with Gasteiger partial charge >= 0.3 is 0 Å². The first-order valence-corrected chi connectivity index (χ1v) is 8.75. The van der Waals surface area contributed by atoms with Gasteiger partial charge in [-0.25, -0.2) is 0 Å². The minimum absolute atomic E-state index is 0.0204. The highest BCUT2D eigenvalue weighted by Crippen LogP contribution is 2.21. The van der Waals surface area contributed by atoms with E-state index in [4.69, 9.17) is 9.15 Å². The highest BCUT2D eigenvalue weighted by Gasteiger charge is 2.25. The van der Waals surface area contributed by atoms with Crippen LogP contribution in [0.15, 0.2) is 38.6 Å². The number of aryl methyl sites for hydroxylation is 1. The van der Waals surface area contributed by atoms with Crippen molar-refractivity contribution in [3.8, 4) is 0 Å². The number of morpholine rings is 1. The van der Waals surface area contributed by atoms with Crippen molar-refractivity contribution in [2.45, 2.75) is 12.5 Å². The standard InChI is InChI=1S/C16H22BrN5O2/c1-18-16(19-6-5-13-3-4-15(17)24-13)22-7-8-23-14(11-22)12-9-20-21(2)10-12/h3-4,9-10,14H,5-8,11H2,1-2H3,(H,18,19). The molecule has 1 aliphatic rings. The number of furan rings is 1. The van der Waals surface area contributed by atoms with Crippen molar-refractivity contribution in [2.75, 3.05) is 33.3 Å². The Hall–Kier alpha value is -1.80. The smallest absolute Gasteiger partial charge is 0.193 e. The molecule has 0 aromatic carbocycles. The van der Waals surface area contributed by atoms with Crippen molar-refractivity contribution in [1.29, 1.82) is 0 Å². The predicted molar refractivity (Wildman–Crippen MR) is 94.9 cm³/mol. The lowest BCUT2D eigenvalue weighted by molar-refractivity contribution is -0.00801. The zero-order valence-corrected chi connectivity index (χ0v) is 15.5. The van der Waals surface area contributed by atoms with Crippen LogP contribution < -0.4 is 5.32 Å². The van der Waals surface area contributed by atoms with Crippen LogP contribution in [-0.2, 0) is 18.2 Å². The van der Waals surface area contributed by atoms with Crippen LogP contribution in [0.2, 0.25) is 0 Å². The van der Waals surface area contributed by atoms with E-state index >= 15 is 0 Å². The number of ether oxygens (including phenoxy) is 1. The Morgan fingerprint density at radius 2 is 2.38 bits per heavy atom. The lowest BCUT2D eigenvalue weighted by Crippen LogP contribution is -2.48. The van der Waals surface area contributed by atoms with Crippen molar-refractivity contribution in [3.63, 3.8) is 0 Å². The molecular formula is C16H22BrN5O2. The first-order chi connectivity index (χ1) is 11.7. The minimum atomic E-state index is 0.0204. The third-order valence-corrected chi connectivity index (χ3v) is 4.38. The maximum Gasteiger partial charge on any atom is 0.193 e. The van der Waals surface area contributed by atoms with Gasteiger partial charge in [-0.05, 0) is 28.1 Å². The van der Waals surface area contributed by atoms with Crippen molar-refractivity contribution >= 4 is 21.9 Å². The lowest BCUT2D eigenvalue weighted by atomic mass is 10.1. The van der Waals surface area contributed by atoms with E-state index in [1.807, 2.05) is 31.6 Å². The maximum absolute atomic E-state index is 5.88. The molecule has 1 atom stereocenters. The average molecular weight is 396 g/mol. The molecule has 2 aromatic heterocycles. The van der Waals surface area contributed by atoms with Crippen LogP contribution >= 0.6 is 15.9 Å². The summed E-state index contributed by atoms with van der Waals surface area (Å²) in [6.07, 6.45) is 4.69. The molecule has 0 saturated carbocycles. The number of guanidine groups is 1. The fourth-order valence-electron chi connectivity index (χ4n) is 2.77. The molecule has 130 valence electrons. The average Bonchev–Trinajstić information content (AvgIpc) is 3.20. The topological polar surface area (TPSA) is 67.8 Å². The van der Waals surface area contributed by atoms with Crippen molar-refractivity contribution < 1.29 is 9.15 Å². The van der Waals surface area contributed by atoms with Gasteiger partial charge in [0.25, 0.3) is 0 Å². The van der Waals surface area contributed by atoms with Gasteiger partial charge in [-0.1, -0.05) is 0 Å². The van der Waals surface area contributed by atoms with Crippen molar-refractivity contribution in [2.24, 2.45) is 12.0 Å². The van der Waals surface area contributed by atoms with Gasteiger partial charge in [0.05, 0.1) is 19.3 Å². The normalized spacial score (nSPS) is 18.9. The Labute approximate surface area is 149 Å². The highest BCUT2D eigenvalue weighted by molar-refractivity contribution is 9.10. The Morgan fingerprint density at radius 3 is 3.04 bits per heavy atom. The largest absolute Gasteiger partial charge is 0.454 e. The van der Waals surface area contributed by atoms with E-state index in [9.17, 15) is 0 Å². The molecule has 2 aromatic rings. The number of hydrogen-bond acceptors (Lipinski definition) is 4. The van der Waals surface area contributed by atoms with Crippen molar-refractivity contribution in [3.05, 3.63) is 40.5 Å². The predicted octanol–water partition coefficient (Wildman–Crippen LogP) is 1.97. The van der Waals surface area contributed by atoms with Gasteiger partial charge in [-0.3, -0.25) is 9.67 Å². The molecular weight excluding hydrogens is 374 g/mol. The lowest BCUT2D eigenvalue weighted by Gasteiger charge is -2.34. The SMILES string of the molecule is CN=C(NCCc1ccc(Br)o1)N1CCOC(c2cnn(C)c2)C1. The first kappa shape index (κ1) is 17.0. The zero-order valence-electron chi connectivity index (χ0n) is 13.9. The molecule has 1 unspecified atom stereocenters. The molecule has 1 saturated heterocycles. The van der Waals surface area contributed by atoms with E-state index in [1.54, 1.807) is 11.7 Å². The van der Waals surface area contributed by atoms with Crippen LogP contribution in [0.5, 0.6) is 0 Å². The summed E-state index contributed by atoms with van der Waals surface area (Å²) >= 11 is 3.32. The number of aromatic nitrogens is 2. The molecule has 7 nitrogen and oxygen atoms in total. The Balaban J connectivity index is 1.54. The molecule has 3 rings (SSSR count). The third-order valence-electron chi connectivity index (χ3n) is 3.96. The van der Waals surface area contributed by atoms with E-state index in [1.165, 1.54) is 0 Å². The molecule has 1 N–H and O–H groups in total. The summed E-state index contributed by atoms with van der Waals surface area (Å²) in [6.45, 7) is 3.02. The van der Waals surface area contributed by atoms with Gasteiger partial charge in [0, 0.05) is 45.4 Å². The number of halogens is 1. The molecule has 3 heterocycles. The van der Waals surface area contributed by atoms with E-state index < -0.39 is 0 Å². The highest BCUT2D eigenvalue weighted by atomic mass is 79.9. The van der Waals surface area contributed by atoms with Crippen LogP contribution in [0.3, 0.4) is 0 Å². The summed E-state index contributed by atoms with van der Waals surface area (Å²) in [4.78, 5) is 6.62. The molecule has 0 spiro atoms. The van der Waals surface area contributed by atoms with Gasteiger partial charge < -0.3 is 19.4 Å². The Bertz CT molecular complexity index is 696. The Kier molecular flexibility index (Phi) is 5.57.